The monoisotopic (exact) mass is 429 g/mol. The number of ether oxygens (including phenoxy) is 1. The van der Waals surface area contributed by atoms with Crippen LogP contribution in [0, 0.1) is 16.7 Å². The number of pyridine rings is 1. The van der Waals surface area contributed by atoms with Gasteiger partial charge in [-0.2, -0.15) is 5.26 Å². The molecule has 1 aromatic heterocycles. The van der Waals surface area contributed by atoms with Crippen LogP contribution >= 0.6 is 0 Å². The third kappa shape index (κ3) is 3.15. The number of nitrogens with zero attached hydrogens (tertiary/aromatic N) is 4. The number of nitrogens with two attached hydrogens (primary N) is 1. The van der Waals surface area contributed by atoms with Gasteiger partial charge in [0.05, 0.1) is 17.4 Å². The summed E-state index contributed by atoms with van der Waals surface area (Å²) < 4.78 is 5.65. The maximum Gasteiger partial charge on any atom is 0.184 e. The molecule has 1 unspecified atom stereocenters. The normalized spacial score (nSPS) is 28.1. The standard InChI is InChI=1S/C25H27N5O.CH4/c1-3-22-23(27)30-25(29-22)21-11-17(19-10-16(13-26)14-28-15-19)4-5-18(21)12-24(25)8-6-20(31-2)7-9-24;/h4-5,10-11,14-15,20H,3,6-9,12H2,1-2H3,(H2,27,30);1H4. The first-order chi connectivity index (χ1) is 15.0. The van der Waals surface area contributed by atoms with Crippen molar-refractivity contribution in [1.82, 2.24) is 4.98 Å². The molecule has 0 radical (unpaired) electrons. The predicted octanol–water partition coefficient (Wildman–Crippen LogP) is 4.76. The molecule has 0 bridgehead atoms. The van der Waals surface area contributed by atoms with Crippen LogP contribution in [-0.4, -0.2) is 29.7 Å². The highest BCUT2D eigenvalue weighted by atomic mass is 16.5. The number of nitriles is 1. The molecule has 2 aliphatic carbocycles. The first kappa shape index (κ1) is 22.2. The molecule has 2 aromatic rings. The average molecular weight is 430 g/mol. The summed E-state index contributed by atoms with van der Waals surface area (Å²) in [6.07, 6.45) is 9.47. The maximum absolute atomic E-state index is 9.27. The summed E-state index contributed by atoms with van der Waals surface area (Å²) in [5, 5.41) is 9.27. The summed E-state index contributed by atoms with van der Waals surface area (Å²) in [5.74, 6) is 0.571. The molecule has 2 heterocycles. The molecule has 5 rings (SSSR count). The van der Waals surface area contributed by atoms with E-state index in [0.29, 0.717) is 17.5 Å². The van der Waals surface area contributed by atoms with Gasteiger partial charge in [0.15, 0.2) is 5.66 Å². The zero-order valence-electron chi connectivity index (χ0n) is 18.1. The molecule has 3 aliphatic rings. The highest BCUT2D eigenvalue weighted by molar-refractivity contribution is 6.42. The number of methoxy groups -OCH3 is 1. The molecule has 1 aliphatic heterocycles. The van der Waals surface area contributed by atoms with Crippen LogP contribution < -0.4 is 5.73 Å². The number of fused-ring (bicyclic) bond motifs is 3. The van der Waals surface area contributed by atoms with Gasteiger partial charge in [-0.15, -0.1) is 0 Å². The van der Waals surface area contributed by atoms with Gasteiger partial charge in [-0.25, -0.2) is 4.99 Å². The lowest BCUT2D eigenvalue weighted by molar-refractivity contribution is -0.000389. The van der Waals surface area contributed by atoms with Crippen LogP contribution in [0.5, 0.6) is 0 Å². The summed E-state index contributed by atoms with van der Waals surface area (Å²) in [5.41, 5.74) is 11.5. The molecule has 32 heavy (non-hydrogen) atoms. The number of hydrogen-bond donors (Lipinski definition) is 1. The lowest BCUT2D eigenvalue weighted by atomic mass is 9.65. The van der Waals surface area contributed by atoms with Crippen LogP contribution in [-0.2, 0) is 16.8 Å². The van der Waals surface area contributed by atoms with Crippen molar-refractivity contribution in [2.75, 3.05) is 7.11 Å². The highest BCUT2D eigenvalue weighted by Crippen LogP contribution is 2.62. The second kappa shape index (κ2) is 8.14. The number of benzene rings is 1. The first-order valence-corrected chi connectivity index (χ1v) is 11.0. The molecule has 1 fully saturated rings. The zero-order chi connectivity index (χ0) is 21.6. The van der Waals surface area contributed by atoms with Crippen molar-refractivity contribution in [3.8, 4) is 17.2 Å². The number of amidine groups is 1. The molecule has 0 saturated heterocycles. The molecule has 2 N–H and O–H groups in total. The van der Waals surface area contributed by atoms with Gasteiger partial charge < -0.3 is 10.5 Å². The Morgan fingerprint density at radius 1 is 1.16 bits per heavy atom. The van der Waals surface area contributed by atoms with Gasteiger partial charge in [-0.1, -0.05) is 26.5 Å². The Hall–Kier alpha value is -3.04. The fourth-order valence-corrected chi connectivity index (χ4v) is 5.71. The molecule has 1 atom stereocenters. The van der Waals surface area contributed by atoms with E-state index in [0.717, 1.165) is 60.9 Å². The first-order valence-electron chi connectivity index (χ1n) is 11.0. The van der Waals surface area contributed by atoms with Crippen LogP contribution in [0.15, 0.2) is 46.6 Å². The average Bonchev–Trinajstić information content (AvgIpc) is 3.28. The van der Waals surface area contributed by atoms with Gasteiger partial charge >= 0.3 is 0 Å². The van der Waals surface area contributed by atoms with E-state index >= 15 is 0 Å². The fourth-order valence-electron chi connectivity index (χ4n) is 5.71. The Morgan fingerprint density at radius 2 is 1.94 bits per heavy atom. The van der Waals surface area contributed by atoms with E-state index in [1.807, 2.05) is 6.07 Å². The Morgan fingerprint density at radius 3 is 2.59 bits per heavy atom. The topological polar surface area (TPSA) is 96.6 Å². The number of aromatic nitrogens is 1. The molecule has 2 spiro atoms. The van der Waals surface area contributed by atoms with Gasteiger partial charge in [0, 0.05) is 36.0 Å². The van der Waals surface area contributed by atoms with Crippen LogP contribution in [0.1, 0.15) is 63.1 Å². The van der Waals surface area contributed by atoms with E-state index in [1.54, 1.807) is 19.5 Å². The van der Waals surface area contributed by atoms with Crippen molar-refractivity contribution in [2.45, 2.75) is 64.6 Å². The van der Waals surface area contributed by atoms with Gasteiger partial charge in [0.25, 0.3) is 0 Å². The summed E-state index contributed by atoms with van der Waals surface area (Å²) in [6.45, 7) is 2.08. The van der Waals surface area contributed by atoms with Crippen molar-refractivity contribution in [2.24, 2.45) is 21.1 Å². The van der Waals surface area contributed by atoms with Gasteiger partial charge in [-0.05, 0) is 61.8 Å². The number of aliphatic imine (C=N–C) groups is 2. The second-order valence-electron chi connectivity index (χ2n) is 8.92. The number of hydrogen-bond acceptors (Lipinski definition) is 6. The maximum atomic E-state index is 9.27. The minimum Gasteiger partial charge on any atom is -0.382 e. The van der Waals surface area contributed by atoms with Gasteiger partial charge in [0.2, 0.25) is 0 Å². The summed E-state index contributed by atoms with van der Waals surface area (Å²) in [7, 11) is 1.80. The lowest BCUT2D eigenvalue weighted by Crippen LogP contribution is -2.43. The van der Waals surface area contributed by atoms with Crippen LogP contribution in [0.2, 0.25) is 0 Å². The van der Waals surface area contributed by atoms with E-state index in [9.17, 15) is 5.26 Å². The summed E-state index contributed by atoms with van der Waals surface area (Å²) >= 11 is 0. The highest BCUT2D eigenvalue weighted by Gasteiger charge is 2.60. The molecular formula is C26H31N5O. The summed E-state index contributed by atoms with van der Waals surface area (Å²) in [6, 6.07) is 10.6. The largest absolute Gasteiger partial charge is 0.382 e. The zero-order valence-corrected chi connectivity index (χ0v) is 18.1. The second-order valence-corrected chi connectivity index (χ2v) is 8.92. The molecular weight excluding hydrogens is 398 g/mol. The molecule has 6 heteroatoms. The molecule has 0 amide bonds. The van der Waals surface area contributed by atoms with Crippen molar-refractivity contribution >= 4 is 11.5 Å². The van der Waals surface area contributed by atoms with E-state index in [2.05, 4.69) is 36.2 Å². The Bertz CT molecular complexity index is 1140. The molecule has 1 aromatic carbocycles. The van der Waals surface area contributed by atoms with Gasteiger partial charge in [0.1, 0.15) is 11.9 Å². The van der Waals surface area contributed by atoms with Gasteiger partial charge in [-0.3, -0.25) is 9.98 Å². The Labute approximate surface area is 190 Å². The number of rotatable bonds is 3. The van der Waals surface area contributed by atoms with Crippen molar-refractivity contribution < 1.29 is 4.74 Å². The van der Waals surface area contributed by atoms with E-state index in [1.165, 1.54) is 5.56 Å². The van der Waals surface area contributed by atoms with Crippen molar-refractivity contribution in [1.29, 1.82) is 5.26 Å². The molecule has 1 saturated carbocycles. The van der Waals surface area contributed by atoms with Crippen molar-refractivity contribution in [3.63, 3.8) is 0 Å². The minimum atomic E-state index is -0.660. The fraction of sp³-hybridized carbons (Fsp3) is 0.462. The van der Waals surface area contributed by atoms with Crippen LogP contribution in [0.3, 0.4) is 0 Å². The van der Waals surface area contributed by atoms with Crippen molar-refractivity contribution in [3.05, 3.63) is 53.3 Å². The predicted molar refractivity (Wildman–Crippen MR) is 128 cm³/mol. The Kier molecular flexibility index (Phi) is 5.64. The van der Waals surface area contributed by atoms with E-state index < -0.39 is 5.66 Å². The quantitative estimate of drug-likeness (QED) is 0.760. The third-order valence-corrected chi connectivity index (χ3v) is 7.39. The third-order valence-electron chi connectivity index (χ3n) is 7.39. The Balaban J connectivity index is 0.00000245. The molecule has 6 nitrogen and oxygen atoms in total. The SMILES string of the molecule is C.CCC1=NC2(N=C1N)c1cc(-c3cncc(C#N)c3)ccc1CC21CCC(OC)CC1. The van der Waals surface area contributed by atoms with E-state index in [4.69, 9.17) is 20.5 Å². The minimum absolute atomic E-state index is 0. The van der Waals surface area contributed by atoms with Crippen LogP contribution in [0.4, 0.5) is 0 Å². The van der Waals surface area contributed by atoms with E-state index in [-0.39, 0.29) is 12.8 Å². The molecule has 166 valence electrons. The smallest absolute Gasteiger partial charge is 0.184 e. The summed E-state index contributed by atoms with van der Waals surface area (Å²) in [4.78, 5) is 14.6. The van der Waals surface area contributed by atoms with Crippen LogP contribution in [0.25, 0.3) is 11.1 Å². The lowest BCUT2D eigenvalue weighted by Gasteiger charge is -2.44.